The highest BCUT2D eigenvalue weighted by molar-refractivity contribution is 6.10. The molecule has 0 radical (unpaired) electrons. The Balaban J connectivity index is 2.72. The predicted octanol–water partition coefficient (Wildman–Crippen LogP) is 4.63. The Hall–Kier alpha value is -1.96. The lowest BCUT2D eigenvalue weighted by atomic mass is 9.91. The molecule has 20 heavy (non-hydrogen) atoms. The van der Waals surface area contributed by atoms with Crippen molar-refractivity contribution in [1.82, 2.24) is 9.97 Å². The van der Waals surface area contributed by atoms with Gasteiger partial charge >= 0.3 is 0 Å². The summed E-state index contributed by atoms with van der Waals surface area (Å²) in [4.78, 5) is 9.33. The summed E-state index contributed by atoms with van der Waals surface area (Å²) in [6, 6.07) is 2.10. The van der Waals surface area contributed by atoms with Crippen molar-refractivity contribution in [3.63, 3.8) is 0 Å². The Kier molecular flexibility index (Phi) is 2.79. The van der Waals surface area contributed by atoms with Crippen LogP contribution in [0.25, 0.3) is 21.7 Å². The molecule has 0 aliphatic rings. The zero-order valence-corrected chi connectivity index (χ0v) is 13.0. The minimum absolute atomic E-state index is 1.09. The van der Waals surface area contributed by atoms with Gasteiger partial charge in [-0.3, -0.25) is 9.97 Å². The maximum Gasteiger partial charge on any atom is 0.0790 e. The number of hydrogen-bond acceptors (Lipinski definition) is 2. The van der Waals surface area contributed by atoms with Gasteiger partial charge in [0.25, 0.3) is 0 Å². The molecule has 0 atom stereocenters. The molecule has 102 valence electrons. The fraction of sp³-hybridized carbons (Fsp3) is 0.333. The van der Waals surface area contributed by atoms with Crippen LogP contribution >= 0.6 is 0 Å². The van der Waals surface area contributed by atoms with Crippen LogP contribution in [0.5, 0.6) is 0 Å². The summed E-state index contributed by atoms with van der Waals surface area (Å²) >= 11 is 0. The molecule has 0 fully saturated rings. The lowest BCUT2D eigenvalue weighted by molar-refractivity contribution is 1.16. The largest absolute Gasteiger partial charge is 0.261 e. The van der Waals surface area contributed by atoms with Gasteiger partial charge in [-0.05, 0) is 69.9 Å². The van der Waals surface area contributed by atoms with Crippen molar-refractivity contribution >= 4 is 21.7 Å². The molecule has 2 heterocycles. The molecular formula is C18H20N2. The number of aryl methyl sites for hydroxylation is 5. The van der Waals surface area contributed by atoms with Crippen molar-refractivity contribution in [1.29, 1.82) is 0 Å². The molecule has 0 bridgehead atoms. The van der Waals surface area contributed by atoms with Gasteiger partial charge in [0.05, 0.1) is 5.52 Å². The van der Waals surface area contributed by atoms with Gasteiger partial charge in [0.1, 0.15) is 0 Å². The Morgan fingerprint density at radius 2 is 1.30 bits per heavy atom. The average molecular weight is 264 g/mol. The zero-order chi connectivity index (χ0) is 14.6. The SMILES string of the molecule is Cc1nc2c(c(C)c1C)c(C)c(C)c1c(C)nccc12. The maximum absolute atomic E-state index is 4.88. The lowest BCUT2D eigenvalue weighted by Crippen LogP contribution is -2.00. The van der Waals surface area contributed by atoms with E-state index in [1.165, 1.54) is 38.4 Å². The quantitative estimate of drug-likeness (QED) is 0.553. The first kappa shape index (κ1) is 13.0. The third kappa shape index (κ3) is 1.57. The molecule has 0 aliphatic heterocycles. The van der Waals surface area contributed by atoms with Crippen LogP contribution in [0.3, 0.4) is 0 Å². The maximum atomic E-state index is 4.88. The Morgan fingerprint density at radius 1 is 0.700 bits per heavy atom. The van der Waals surface area contributed by atoms with Gasteiger partial charge in [0, 0.05) is 33.7 Å². The van der Waals surface area contributed by atoms with Crippen molar-refractivity contribution in [3.05, 3.63) is 45.9 Å². The second kappa shape index (κ2) is 4.27. The van der Waals surface area contributed by atoms with Gasteiger partial charge in [-0.25, -0.2) is 0 Å². The van der Waals surface area contributed by atoms with Crippen LogP contribution in [-0.2, 0) is 0 Å². The van der Waals surface area contributed by atoms with Crippen molar-refractivity contribution in [3.8, 4) is 0 Å². The summed E-state index contributed by atoms with van der Waals surface area (Å²) in [5.41, 5.74) is 8.63. The number of hydrogen-bond donors (Lipinski definition) is 0. The molecule has 0 saturated carbocycles. The van der Waals surface area contributed by atoms with Crippen LogP contribution in [-0.4, -0.2) is 9.97 Å². The van der Waals surface area contributed by atoms with Crippen LogP contribution in [0, 0.1) is 41.5 Å². The van der Waals surface area contributed by atoms with Gasteiger partial charge < -0.3 is 0 Å². The molecule has 2 aromatic heterocycles. The third-order valence-electron chi connectivity index (χ3n) is 4.70. The molecular weight excluding hydrogens is 244 g/mol. The molecule has 1 aromatic carbocycles. The summed E-state index contributed by atoms with van der Waals surface area (Å²) in [5.74, 6) is 0. The van der Waals surface area contributed by atoms with Gasteiger partial charge in [0.15, 0.2) is 0 Å². The first-order valence-corrected chi connectivity index (χ1v) is 7.05. The topological polar surface area (TPSA) is 25.8 Å². The molecule has 3 aromatic rings. The summed E-state index contributed by atoms with van der Waals surface area (Å²) in [7, 11) is 0. The van der Waals surface area contributed by atoms with E-state index in [1.807, 2.05) is 6.20 Å². The van der Waals surface area contributed by atoms with E-state index in [4.69, 9.17) is 4.98 Å². The monoisotopic (exact) mass is 264 g/mol. The highest BCUT2D eigenvalue weighted by Gasteiger charge is 2.15. The molecule has 0 spiro atoms. The normalized spacial score (nSPS) is 11.5. The minimum atomic E-state index is 1.09. The van der Waals surface area contributed by atoms with Crippen LogP contribution in [0.2, 0.25) is 0 Å². The summed E-state index contributed by atoms with van der Waals surface area (Å²) in [6.07, 6.45) is 1.89. The van der Waals surface area contributed by atoms with Crippen LogP contribution < -0.4 is 0 Å². The van der Waals surface area contributed by atoms with E-state index >= 15 is 0 Å². The first-order chi connectivity index (χ1) is 9.43. The highest BCUT2D eigenvalue weighted by Crippen LogP contribution is 2.35. The first-order valence-electron chi connectivity index (χ1n) is 7.05. The van der Waals surface area contributed by atoms with Gasteiger partial charge in [-0.2, -0.15) is 0 Å². The number of nitrogens with zero attached hydrogens (tertiary/aromatic N) is 2. The number of pyridine rings is 2. The number of fused-ring (bicyclic) bond motifs is 3. The van der Waals surface area contributed by atoms with E-state index < -0.39 is 0 Å². The number of rotatable bonds is 0. The summed E-state index contributed by atoms with van der Waals surface area (Å²) < 4.78 is 0. The van der Waals surface area contributed by atoms with Crippen LogP contribution in [0.1, 0.15) is 33.6 Å². The zero-order valence-electron chi connectivity index (χ0n) is 13.0. The van der Waals surface area contributed by atoms with E-state index in [-0.39, 0.29) is 0 Å². The molecule has 0 N–H and O–H groups in total. The van der Waals surface area contributed by atoms with Crippen LogP contribution in [0.15, 0.2) is 12.3 Å². The molecule has 2 nitrogen and oxygen atoms in total. The second-order valence-corrected chi connectivity index (χ2v) is 5.74. The van der Waals surface area contributed by atoms with E-state index in [9.17, 15) is 0 Å². The Morgan fingerprint density at radius 3 is 2.00 bits per heavy atom. The van der Waals surface area contributed by atoms with Crippen molar-refractivity contribution in [2.75, 3.05) is 0 Å². The molecule has 3 rings (SSSR count). The molecule has 0 saturated heterocycles. The van der Waals surface area contributed by atoms with Gasteiger partial charge in [0.2, 0.25) is 0 Å². The predicted molar refractivity (Wildman–Crippen MR) is 85.5 cm³/mol. The van der Waals surface area contributed by atoms with Crippen molar-refractivity contribution in [2.45, 2.75) is 41.5 Å². The summed E-state index contributed by atoms with van der Waals surface area (Å²) in [6.45, 7) is 12.9. The van der Waals surface area contributed by atoms with Gasteiger partial charge in [-0.1, -0.05) is 0 Å². The fourth-order valence-electron chi connectivity index (χ4n) is 3.21. The van der Waals surface area contributed by atoms with Crippen LogP contribution in [0.4, 0.5) is 0 Å². The van der Waals surface area contributed by atoms with Crippen molar-refractivity contribution < 1.29 is 0 Å². The standard InChI is InChI=1S/C18H20N2/c1-9-10(2)16-11(3)12(4)17-14(6)19-8-7-15(17)18(16)20-13(9)5/h7-8H,1-6H3. The average Bonchev–Trinajstić information content (AvgIpc) is 2.41. The summed E-state index contributed by atoms with van der Waals surface area (Å²) in [5, 5.41) is 3.79. The number of aromatic nitrogens is 2. The fourth-order valence-corrected chi connectivity index (χ4v) is 3.21. The third-order valence-corrected chi connectivity index (χ3v) is 4.70. The molecule has 0 aliphatic carbocycles. The van der Waals surface area contributed by atoms with E-state index in [2.05, 4.69) is 52.6 Å². The highest BCUT2D eigenvalue weighted by atomic mass is 14.7. The molecule has 0 unspecified atom stereocenters. The van der Waals surface area contributed by atoms with E-state index in [0.717, 1.165) is 16.9 Å². The Labute approximate surface area is 119 Å². The van der Waals surface area contributed by atoms with E-state index in [1.54, 1.807) is 0 Å². The van der Waals surface area contributed by atoms with Crippen molar-refractivity contribution in [2.24, 2.45) is 0 Å². The van der Waals surface area contributed by atoms with E-state index in [0.29, 0.717) is 0 Å². The molecule has 0 amide bonds. The minimum Gasteiger partial charge on any atom is -0.261 e. The molecule has 2 heteroatoms. The smallest absolute Gasteiger partial charge is 0.0790 e. The second-order valence-electron chi connectivity index (χ2n) is 5.74. The lowest BCUT2D eigenvalue weighted by Gasteiger charge is -2.17. The Bertz CT molecular complexity index is 861. The van der Waals surface area contributed by atoms with Gasteiger partial charge in [-0.15, -0.1) is 0 Å². The number of benzene rings is 1.